The number of nitrogens with zero attached hydrogens (tertiary/aromatic N) is 5. The van der Waals surface area contributed by atoms with Crippen LogP contribution < -0.4 is 5.32 Å². The van der Waals surface area contributed by atoms with Crippen LogP contribution in [0.3, 0.4) is 0 Å². The van der Waals surface area contributed by atoms with Gasteiger partial charge in [-0.25, -0.2) is 14.6 Å². The number of rotatable bonds is 5. The van der Waals surface area contributed by atoms with Crippen LogP contribution in [0.15, 0.2) is 24.4 Å². The van der Waals surface area contributed by atoms with Crippen LogP contribution in [0.4, 0.5) is 5.82 Å². The number of aryl methyl sites for hydroxylation is 2. The second-order valence-corrected chi connectivity index (χ2v) is 10.0. The van der Waals surface area contributed by atoms with Crippen molar-refractivity contribution in [3.05, 3.63) is 41.3 Å². The number of piperidine rings is 1. The molecule has 3 fully saturated rings. The highest BCUT2D eigenvalue weighted by Crippen LogP contribution is 2.34. The van der Waals surface area contributed by atoms with E-state index in [0.717, 1.165) is 74.3 Å². The van der Waals surface area contributed by atoms with E-state index < -0.39 is 0 Å². The number of hydrogen-bond donors (Lipinski definition) is 1. The molecule has 0 radical (unpaired) electrons. The molecule has 3 aliphatic heterocycles. The number of aromatic nitrogens is 4. The zero-order chi connectivity index (χ0) is 23.1. The van der Waals surface area contributed by atoms with Gasteiger partial charge in [0.2, 0.25) is 0 Å². The second kappa shape index (κ2) is 9.24. The molecule has 1 N–H and O–H groups in total. The van der Waals surface area contributed by atoms with E-state index in [1.807, 2.05) is 23.9 Å². The maximum absolute atomic E-state index is 5.62. The van der Waals surface area contributed by atoms with E-state index in [1.54, 1.807) is 0 Å². The van der Waals surface area contributed by atoms with Crippen molar-refractivity contribution in [3.63, 3.8) is 0 Å². The van der Waals surface area contributed by atoms with Gasteiger partial charge in [0.15, 0.2) is 5.82 Å². The number of likely N-dealkylation sites (tertiary alicyclic amines) is 1. The molecule has 6 rings (SSSR count). The standard InChI is InChI=1S/C26H34N6O2/c1-17-11-20-14-27-32(26-13-25(28-18(2)29-26)30-21-5-9-33-15-21)24(20)12-23(17)19-3-7-31(8-4-19)22-6-10-34-16-22/h11-14,19,21-22H,3-10,15-16H2,1-2H3,(H,28,29,30)/t21-,22?/m0/s1. The smallest absolute Gasteiger partial charge is 0.159 e. The number of fused-ring (bicyclic) bond motifs is 1. The molecule has 0 spiro atoms. The maximum Gasteiger partial charge on any atom is 0.159 e. The lowest BCUT2D eigenvalue weighted by atomic mass is 9.86. The summed E-state index contributed by atoms with van der Waals surface area (Å²) in [6, 6.07) is 7.55. The third-order valence-corrected chi connectivity index (χ3v) is 7.67. The minimum Gasteiger partial charge on any atom is -0.380 e. The molecule has 2 atom stereocenters. The van der Waals surface area contributed by atoms with Gasteiger partial charge in [0.1, 0.15) is 11.6 Å². The van der Waals surface area contributed by atoms with Crippen LogP contribution in [0.5, 0.6) is 0 Å². The highest BCUT2D eigenvalue weighted by atomic mass is 16.5. The molecular formula is C26H34N6O2. The largest absolute Gasteiger partial charge is 0.380 e. The second-order valence-electron chi connectivity index (χ2n) is 10.0. The number of nitrogens with one attached hydrogen (secondary N) is 1. The van der Waals surface area contributed by atoms with Gasteiger partial charge in [-0.2, -0.15) is 5.10 Å². The summed E-state index contributed by atoms with van der Waals surface area (Å²) in [6.45, 7) is 9.82. The Kier molecular flexibility index (Phi) is 5.97. The van der Waals surface area contributed by atoms with E-state index in [9.17, 15) is 0 Å². The molecule has 3 aliphatic rings. The average molecular weight is 463 g/mol. The van der Waals surface area contributed by atoms with Gasteiger partial charge in [-0.05, 0) is 81.8 Å². The minimum absolute atomic E-state index is 0.299. The van der Waals surface area contributed by atoms with Gasteiger partial charge >= 0.3 is 0 Å². The summed E-state index contributed by atoms with van der Waals surface area (Å²) in [4.78, 5) is 12.0. The summed E-state index contributed by atoms with van der Waals surface area (Å²) in [5.41, 5.74) is 3.92. The molecule has 0 amide bonds. The van der Waals surface area contributed by atoms with Crippen LogP contribution in [0, 0.1) is 13.8 Å². The van der Waals surface area contributed by atoms with Crippen LogP contribution in [0.1, 0.15) is 48.6 Å². The summed E-state index contributed by atoms with van der Waals surface area (Å²) in [5.74, 6) is 2.95. The fourth-order valence-electron chi connectivity index (χ4n) is 5.80. The molecule has 1 aromatic carbocycles. The summed E-state index contributed by atoms with van der Waals surface area (Å²) < 4.78 is 13.1. The van der Waals surface area contributed by atoms with E-state index in [1.165, 1.54) is 30.4 Å². The van der Waals surface area contributed by atoms with E-state index in [0.29, 0.717) is 18.0 Å². The van der Waals surface area contributed by atoms with E-state index in [-0.39, 0.29) is 0 Å². The Morgan fingerprint density at radius 3 is 2.53 bits per heavy atom. The first kappa shape index (κ1) is 21.9. The molecule has 34 heavy (non-hydrogen) atoms. The maximum atomic E-state index is 5.62. The predicted molar refractivity (Wildman–Crippen MR) is 132 cm³/mol. The average Bonchev–Trinajstić information content (AvgIpc) is 3.60. The van der Waals surface area contributed by atoms with Crippen molar-refractivity contribution >= 4 is 16.7 Å². The lowest BCUT2D eigenvalue weighted by Gasteiger charge is -2.36. The first-order valence-electron chi connectivity index (χ1n) is 12.6. The molecule has 0 saturated carbocycles. The van der Waals surface area contributed by atoms with Gasteiger partial charge in [-0.15, -0.1) is 0 Å². The summed E-state index contributed by atoms with van der Waals surface area (Å²) in [6.07, 6.45) is 6.52. The van der Waals surface area contributed by atoms with Crippen LogP contribution in [0.25, 0.3) is 16.7 Å². The topological polar surface area (TPSA) is 77.3 Å². The first-order chi connectivity index (χ1) is 16.6. The minimum atomic E-state index is 0.299. The Morgan fingerprint density at radius 2 is 1.76 bits per heavy atom. The van der Waals surface area contributed by atoms with Crippen molar-refractivity contribution < 1.29 is 9.47 Å². The molecule has 8 nitrogen and oxygen atoms in total. The molecule has 0 bridgehead atoms. The number of hydrogen-bond acceptors (Lipinski definition) is 7. The van der Waals surface area contributed by atoms with Gasteiger partial charge in [-0.3, -0.25) is 4.90 Å². The molecule has 180 valence electrons. The SMILES string of the molecule is Cc1nc(N[C@H]2CCOC2)cc(-n2ncc3cc(C)c(C4CCN(C5CCOC5)CC4)cc32)n1. The van der Waals surface area contributed by atoms with Crippen LogP contribution >= 0.6 is 0 Å². The lowest BCUT2D eigenvalue weighted by molar-refractivity contribution is 0.122. The van der Waals surface area contributed by atoms with Crippen LogP contribution in [-0.4, -0.2) is 76.2 Å². The number of benzene rings is 1. The van der Waals surface area contributed by atoms with Gasteiger partial charge in [0, 0.05) is 30.7 Å². The van der Waals surface area contributed by atoms with Crippen LogP contribution in [-0.2, 0) is 9.47 Å². The summed E-state index contributed by atoms with van der Waals surface area (Å²) in [7, 11) is 0. The zero-order valence-corrected chi connectivity index (χ0v) is 20.2. The van der Waals surface area contributed by atoms with Crippen LogP contribution in [0.2, 0.25) is 0 Å². The van der Waals surface area contributed by atoms with E-state index in [2.05, 4.69) is 34.3 Å². The molecule has 5 heterocycles. The fraction of sp³-hybridized carbons (Fsp3) is 0.577. The third kappa shape index (κ3) is 4.30. The Labute approximate surface area is 200 Å². The highest BCUT2D eigenvalue weighted by Gasteiger charge is 2.29. The Bertz CT molecular complexity index is 1160. The molecule has 2 aromatic heterocycles. The van der Waals surface area contributed by atoms with E-state index in [4.69, 9.17) is 19.6 Å². The van der Waals surface area contributed by atoms with Crippen molar-refractivity contribution in [1.29, 1.82) is 0 Å². The lowest BCUT2D eigenvalue weighted by Crippen LogP contribution is -2.41. The number of anilines is 1. The molecule has 3 aromatic rings. The normalized spacial score (nSPS) is 24.3. The molecule has 1 unspecified atom stereocenters. The van der Waals surface area contributed by atoms with Crippen molar-refractivity contribution in [2.24, 2.45) is 0 Å². The number of ether oxygens (including phenoxy) is 2. The quantitative estimate of drug-likeness (QED) is 0.621. The Hall–Kier alpha value is -2.55. The van der Waals surface area contributed by atoms with Gasteiger partial charge in [-0.1, -0.05) is 0 Å². The van der Waals surface area contributed by atoms with Crippen molar-refractivity contribution in [2.45, 2.75) is 57.5 Å². The third-order valence-electron chi connectivity index (χ3n) is 7.67. The molecule has 0 aliphatic carbocycles. The van der Waals surface area contributed by atoms with Crippen molar-refractivity contribution in [2.75, 3.05) is 44.8 Å². The summed E-state index contributed by atoms with van der Waals surface area (Å²) >= 11 is 0. The zero-order valence-electron chi connectivity index (χ0n) is 20.2. The van der Waals surface area contributed by atoms with Gasteiger partial charge < -0.3 is 14.8 Å². The Morgan fingerprint density at radius 1 is 0.941 bits per heavy atom. The van der Waals surface area contributed by atoms with E-state index >= 15 is 0 Å². The first-order valence-corrected chi connectivity index (χ1v) is 12.6. The molecular weight excluding hydrogens is 428 g/mol. The van der Waals surface area contributed by atoms with Crippen molar-refractivity contribution in [3.8, 4) is 5.82 Å². The molecule has 8 heteroatoms. The summed E-state index contributed by atoms with van der Waals surface area (Å²) in [5, 5.41) is 9.37. The molecule has 3 saturated heterocycles. The van der Waals surface area contributed by atoms with Crippen molar-refractivity contribution in [1.82, 2.24) is 24.6 Å². The van der Waals surface area contributed by atoms with Gasteiger partial charge in [0.05, 0.1) is 31.0 Å². The predicted octanol–water partition coefficient (Wildman–Crippen LogP) is 3.60. The van der Waals surface area contributed by atoms with Gasteiger partial charge in [0.25, 0.3) is 0 Å². The highest BCUT2D eigenvalue weighted by molar-refractivity contribution is 5.82. The Balaban J connectivity index is 1.27. The monoisotopic (exact) mass is 462 g/mol. The fourth-order valence-corrected chi connectivity index (χ4v) is 5.80.